The van der Waals surface area contributed by atoms with E-state index < -0.39 is 5.97 Å². The highest BCUT2D eigenvalue weighted by Gasteiger charge is 2.20. The molecule has 0 aromatic carbocycles. The van der Waals surface area contributed by atoms with Crippen LogP contribution in [0, 0.1) is 5.92 Å². The Kier molecular flexibility index (Phi) is 4.12. The zero-order chi connectivity index (χ0) is 13.0. The quantitative estimate of drug-likeness (QED) is 0.805. The Labute approximate surface area is 107 Å². The summed E-state index contributed by atoms with van der Waals surface area (Å²) in [6.07, 6.45) is 9.01. The van der Waals surface area contributed by atoms with Crippen LogP contribution in [0.3, 0.4) is 0 Å². The molecule has 2 unspecified atom stereocenters. The summed E-state index contributed by atoms with van der Waals surface area (Å²) in [7, 11) is 0. The molecule has 2 N–H and O–H groups in total. The lowest BCUT2D eigenvalue weighted by Gasteiger charge is -2.23. The Hall–Kier alpha value is -1.65. The monoisotopic (exact) mass is 249 g/mol. The molecule has 98 valence electrons. The third kappa shape index (κ3) is 3.18. The van der Waals surface area contributed by atoms with E-state index in [1.807, 2.05) is 0 Å². The summed E-state index contributed by atoms with van der Waals surface area (Å²) >= 11 is 0. The molecule has 1 saturated carbocycles. The highest BCUT2D eigenvalue weighted by Crippen LogP contribution is 2.25. The SMILES string of the molecule is CC1CCCCCC1Nc1cnc(C(=O)O)cn1. The van der Waals surface area contributed by atoms with Crippen molar-refractivity contribution in [3.8, 4) is 0 Å². The van der Waals surface area contributed by atoms with Gasteiger partial charge in [-0.3, -0.25) is 0 Å². The molecule has 1 aromatic rings. The van der Waals surface area contributed by atoms with Gasteiger partial charge in [0.2, 0.25) is 0 Å². The topological polar surface area (TPSA) is 75.1 Å². The third-order valence-electron chi connectivity index (χ3n) is 3.57. The number of carboxylic acid groups (broad SMARTS) is 1. The molecule has 0 radical (unpaired) electrons. The van der Waals surface area contributed by atoms with Crippen molar-refractivity contribution in [3.63, 3.8) is 0 Å². The van der Waals surface area contributed by atoms with E-state index in [0.717, 1.165) is 6.42 Å². The number of aromatic carboxylic acids is 1. The predicted molar refractivity (Wildman–Crippen MR) is 68.7 cm³/mol. The van der Waals surface area contributed by atoms with Crippen LogP contribution in [0.15, 0.2) is 12.4 Å². The molecule has 18 heavy (non-hydrogen) atoms. The molecule has 1 heterocycles. The van der Waals surface area contributed by atoms with Gasteiger partial charge in [-0.15, -0.1) is 0 Å². The second kappa shape index (κ2) is 5.80. The minimum atomic E-state index is -1.04. The fourth-order valence-corrected chi connectivity index (χ4v) is 2.41. The average Bonchev–Trinajstić information content (AvgIpc) is 2.56. The van der Waals surface area contributed by atoms with Crippen molar-refractivity contribution in [1.82, 2.24) is 9.97 Å². The van der Waals surface area contributed by atoms with Crippen LogP contribution in [0.5, 0.6) is 0 Å². The lowest BCUT2D eigenvalue weighted by molar-refractivity contribution is 0.0690. The molecule has 5 nitrogen and oxygen atoms in total. The van der Waals surface area contributed by atoms with Crippen molar-refractivity contribution in [2.45, 2.75) is 45.1 Å². The summed E-state index contributed by atoms with van der Waals surface area (Å²) in [5.74, 6) is 0.240. The van der Waals surface area contributed by atoms with Crippen LogP contribution >= 0.6 is 0 Å². The van der Waals surface area contributed by atoms with Gasteiger partial charge in [0.15, 0.2) is 5.69 Å². The van der Waals surface area contributed by atoms with E-state index in [1.54, 1.807) is 0 Å². The standard InChI is InChI=1S/C13H19N3O2/c1-9-5-3-2-4-6-10(9)16-12-8-14-11(7-15-12)13(17)18/h7-10H,2-6H2,1H3,(H,15,16)(H,17,18). The first-order valence-electron chi connectivity index (χ1n) is 6.48. The van der Waals surface area contributed by atoms with E-state index in [9.17, 15) is 4.79 Å². The molecule has 0 saturated heterocycles. The van der Waals surface area contributed by atoms with Crippen LogP contribution in [0.1, 0.15) is 49.5 Å². The Morgan fingerprint density at radius 2 is 2.06 bits per heavy atom. The average molecular weight is 249 g/mol. The summed E-state index contributed by atoms with van der Waals surface area (Å²) in [6, 6.07) is 0.414. The molecule has 1 fully saturated rings. The van der Waals surface area contributed by atoms with Crippen molar-refractivity contribution in [3.05, 3.63) is 18.1 Å². The number of nitrogens with one attached hydrogen (secondary N) is 1. The van der Waals surface area contributed by atoms with E-state index >= 15 is 0 Å². The van der Waals surface area contributed by atoms with E-state index in [4.69, 9.17) is 5.11 Å². The number of carboxylic acids is 1. The summed E-state index contributed by atoms with van der Waals surface area (Å²) < 4.78 is 0. The second-order valence-electron chi connectivity index (χ2n) is 4.96. The Balaban J connectivity index is 2.01. The van der Waals surface area contributed by atoms with Gasteiger partial charge in [0.25, 0.3) is 0 Å². The number of anilines is 1. The van der Waals surface area contributed by atoms with E-state index in [-0.39, 0.29) is 5.69 Å². The maximum atomic E-state index is 10.7. The first kappa shape index (κ1) is 12.8. The minimum Gasteiger partial charge on any atom is -0.476 e. The fraction of sp³-hybridized carbons (Fsp3) is 0.615. The molecular weight excluding hydrogens is 230 g/mol. The largest absolute Gasteiger partial charge is 0.476 e. The molecule has 1 aliphatic carbocycles. The minimum absolute atomic E-state index is 0.0190. The van der Waals surface area contributed by atoms with Crippen LogP contribution < -0.4 is 5.32 Å². The van der Waals surface area contributed by atoms with Gasteiger partial charge in [0, 0.05) is 6.04 Å². The zero-order valence-corrected chi connectivity index (χ0v) is 10.6. The zero-order valence-electron chi connectivity index (χ0n) is 10.6. The van der Waals surface area contributed by atoms with Crippen molar-refractivity contribution in [2.24, 2.45) is 5.92 Å². The van der Waals surface area contributed by atoms with Gasteiger partial charge in [0.05, 0.1) is 12.4 Å². The number of rotatable bonds is 3. The van der Waals surface area contributed by atoms with Gasteiger partial charge < -0.3 is 10.4 Å². The van der Waals surface area contributed by atoms with Crippen LogP contribution in [0.2, 0.25) is 0 Å². The molecule has 0 spiro atoms. The van der Waals surface area contributed by atoms with Gasteiger partial charge in [-0.1, -0.05) is 26.2 Å². The van der Waals surface area contributed by atoms with Gasteiger partial charge in [0.1, 0.15) is 5.82 Å². The van der Waals surface area contributed by atoms with Crippen molar-refractivity contribution < 1.29 is 9.90 Å². The van der Waals surface area contributed by atoms with E-state index in [1.165, 1.54) is 38.1 Å². The van der Waals surface area contributed by atoms with Crippen LogP contribution in [-0.2, 0) is 0 Å². The Morgan fingerprint density at radius 1 is 1.28 bits per heavy atom. The molecule has 2 atom stereocenters. The smallest absolute Gasteiger partial charge is 0.356 e. The Morgan fingerprint density at radius 3 is 2.72 bits per heavy atom. The van der Waals surface area contributed by atoms with Crippen LogP contribution in [0.25, 0.3) is 0 Å². The summed E-state index contributed by atoms with van der Waals surface area (Å²) in [5.41, 5.74) is -0.0190. The molecule has 1 aliphatic rings. The molecule has 2 rings (SSSR count). The van der Waals surface area contributed by atoms with Gasteiger partial charge in [-0.05, 0) is 18.8 Å². The number of nitrogens with zero attached hydrogens (tertiary/aromatic N) is 2. The van der Waals surface area contributed by atoms with Crippen molar-refractivity contribution in [2.75, 3.05) is 5.32 Å². The fourth-order valence-electron chi connectivity index (χ4n) is 2.41. The van der Waals surface area contributed by atoms with Crippen molar-refractivity contribution >= 4 is 11.8 Å². The van der Waals surface area contributed by atoms with E-state index in [2.05, 4.69) is 22.2 Å². The number of hydrogen-bond donors (Lipinski definition) is 2. The van der Waals surface area contributed by atoms with E-state index in [0.29, 0.717) is 17.8 Å². The lowest BCUT2D eigenvalue weighted by Crippen LogP contribution is -2.26. The lowest BCUT2D eigenvalue weighted by atomic mass is 9.97. The summed E-state index contributed by atoms with van der Waals surface area (Å²) in [4.78, 5) is 18.6. The molecule has 5 heteroatoms. The molecular formula is C13H19N3O2. The number of carbonyl (C=O) groups is 1. The van der Waals surface area contributed by atoms with Crippen molar-refractivity contribution in [1.29, 1.82) is 0 Å². The normalized spacial score (nSPS) is 24.3. The maximum Gasteiger partial charge on any atom is 0.356 e. The number of hydrogen-bond acceptors (Lipinski definition) is 4. The highest BCUT2D eigenvalue weighted by molar-refractivity contribution is 5.84. The molecule has 0 aliphatic heterocycles. The summed E-state index contributed by atoms with van der Waals surface area (Å²) in [5, 5.41) is 12.1. The predicted octanol–water partition coefficient (Wildman–Crippen LogP) is 2.56. The first-order chi connectivity index (χ1) is 8.66. The number of aromatic nitrogens is 2. The molecule has 1 aromatic heterocycles. The molecule has 0 bridgehead atoms. The first-order valence-corrected chi connectivity index (χ1v) is 6.48. The maximum absolute atomic E-state index is 10.7. The van der Waals surface area contributed by atoms with Gasteiger partial charge >= 0.3 is 5.97 Å². The highest BCUT2D eigenvalue weighted by atomic mass is 16.4. The third-order valence-corrected chi connectivity index (χ3v) is 3.57. The van der Waals surface area contributed by atoms with Gasteiger partial charge in [-0.2, -0.15) is 0 Å². The van der Waals surface area contributed by atoms with Crippen LogP contribution in [-0.4, -0.2) is 27.1 Å². The molecule has 0 amide bonds. The van der Waals surface area contributed by atoms with Gasteiger partial charge in [-0.25, -0.2) is 14.8 Å². The summed E-state index contributed by atoms with van der Waals surface area (Å²) in [6.45, 7) is 2.25. The Bertz CT molecular complexity index is 405. The second-order valence-corrected chi connectivity index (χ2v) is 4.96. The van der Waals surface area contributed by atoms with Crippen LogP contribution in [0.4, 0.5) is 5.82 Å².